The minimum Gasteiger partial charge on any atom is -0.211 e. The summed E-state index contributed by atoms with van der Waals surface area (Å²) in [7, 11) is -3.17. The van der Waals surface area contributed by atoms with Gasteiger partial charge in [0, 0.05) is 13.0 Å². The number of sulfonamides is 1. The molecule has 8 heteroatoms. The van der Waals surface area contributed by atoms with Crippen molar-refractivity contribution in [2.75, 3.05) is 11.2 Å². The molecule has 1 N–H and O–H groups in total. The maximum Gasteiger partial charge on any atom is 0.224 e. The fourth-order valence-electron chi connectivity index (χ4n) is 1.38. The van der Waals surface area contributed by atoms with Gasteiger partial charge in [-0.1, -0.05) is 15.9 Å². The van der Waals surface area contributed by atoms with Gasteiger partial charge in [0.1, 0.15) is 10.4 Å². The quantitative estimate of drug-likeness (QED) is 0.764. The van der Waals surface area contributed by atoms with Crippen LogP contribution in [-0.2, 0) is 23.0 Å². The first-order valence-corrected chi connectivity index (χ1v) is 6.79. The monoisotopic (exact) mass is 280 g/mol. The SMILES string of the molecule is O=S(=O)(CBr)N1CCc2n[nH]nc2C1. The molecule has 0 amide bonds. The molecule has 0 bridgehead atoms. The van der Waals surface area contributed by atoms with Crippen LogP contribution in [0.4, 0.5) is 0 Å². The summed E-state index contributed by atoms with van der Waals surface area (Å²) in [4.78, 5) is 0. The molecule has 1 aliphatic heterocycles. The third kappa shape index (κ3) is 1.69. The summed E-state index contributed by atoms with van der Waals surface area (Å²) in [6, 6.07) is 0. The molecule has 78 valence electrons. The number of nitrogens with one attached hydrogen (secondary N) is 1. The maximum absolute atomic E-state index is 11.5. The van der Waals surface area contributed by atoms with Crippen LogP contribution in [0.1, 0.15) is 11.4 Å². The largest absolute Gasteiger partial charge is 0.224 e. The Morgan fingerprint density at radius 1 is 1.43 bits per heavy atom. The molecule has 6 nitrogen and oxygen atoms in total. The zero-order valence-corrected chi connectivity index (χ0v) is 9.68. The Bertz CT molecular complexity index is 429. The van der Waals surface area contributed by atoms with Crippen LogP contribution in [0.15, 0.2) is 0 Å². The molecule has 0 unspecified atom stereocenters. The molecule has 2 heterocycles. The Hall–Kier alpha value is -0.470. The van der Waals surface area contributed by atoms with E-state index in [-0.39, 0.29) is 4.66 Å². The molecule has 0 spiro atoms. The summed E-state index contributed by atoms with van der Waals surface area (Å²) >= 11 is 2.96. The second-order valence-electron chi connectivity index (χ2n) is 3.02. The van der Waals surface area contributed by atoms with Crippen LogP contribution >= 0.6 is 15.9 Å². The minimum absolute atomic E-state index is 0.0484. The molecule has 0 atom stereocenters. The number of aromatic nitrogens is 3. The average Bonchev–Trinajstić information content (AvgIpc) is 2.64. The van der Waals surface area contributed by atoms with Crippen molar-refractivity contribution in [3.8, 4) is 0 Å². The van der Waals surface area contributed by atoms with Gasteiger partial charge in [0.15, 0.2) is 0 Å². The normalized spacial score (nSPS) is 18.1. The van der Waals surface area contributed by atoms with Gasteiger partial charge in [-0.3, -0.25) is 0 Å². The number of rotatable bonds is 2. The van der Waals surface area contributed by atoms with Crippen molar-refractivity contribution in [1.82, 2.24) is 19.7 Å². The molecule has 0 saturated carbocycles. The molecule has 0 radical (unpaired) electrons. The van der Waals surface area contributed by atoms with E-state index in [9.17, 15) is 8.42 Å². The van der Waals surface area contributed by atoms with Crippen LogP contribution in [0.25, 0.3) is 0 Å². The lowest BCUT2D eigenvalue weighted by Gasteiger charge is -2.23. The molecule has 14 heavy (non-hydrogen) atoms. The van der Waals surface area contributed by atoms with Gasteiger partial charge in [-0.15, -0.1) is 0 Å². The lowest BCUT2D eigenvalue weighted by atomic mass is 10.2. The number of hydrogen-bond acceptors (Lipinski definition) is 4. The van der Waals surface area contributed by atoms with Crippen molar-refractivity contribution < 1.29 is 8.42 Å². The number of H-pyrrole nitrogens is 1. The number of aromatic amines is 1. The maximum atomic E-state index is 11.5. The first-order chi connectivity index (χ1) is 6.63. The third-order valence-corrected chi connectivity index (χ3v) is 5.27. The first kappa shape index (κ1) is 10.1. The van der Waals surface area contributed by atoms with Crippen LogP contribution in [0.3, 0.4) is 0 Å². The molecule has 0 fully saturated rings. The van der Waals surface area contributed by atoms with E-state index in [2.05, 4.69) is 31.3 Å². The Labute approximate surface area is 89.9 Å². The lowest BCUT2D eigenvalue weighted by Crippen LogP contribution is -2.36. The summed E-state index contributed by atoms with van der Waals surface area (Å²) in [5, 5.41) is 10.3. The second kappa shape index (κ2) is 3.59. The zero-order valence-electron chi connectivity index (χ0n) is 7.27. The van der Waals surface area contributed by atoms with Crippen LogP contribution < -0.4 is 0 Å². The highest BCUT2D eigenvalue weighted by Crippen LogP contribution is 2.17. The van der Waals surface area contributed by atoms with Gasteiger partial charge in [-0.05, 0) is 0 Å². The molecule has 0 aromatic carbocycles. The molecule has 1 aliphatic rings. The van der Waals surface area contributed by atoms with E-state index < -0.39 is 10.0 Å². The molecule has 1 aromatic heterocycles. The molecule has 1 aromatic rings. The van der Waals surface area contributed by atoms with E-state index in [1.165, 1.54) is 4.31 Å². The fraction of sp³-hybridized carbons (Fsp3) is 0.667. The molecular formula is C6H9BrN4O2S. The Morgan fingerprint density at radius 3 is 2.86 bits per heavy atom. The topological polar surface area (TPSA) is 79.0 Å². The first-order valence-electron chi connectivity index (χ1n) is 4.06. The number of halogens is 1. The van der Waals surface area contributed by atoms with Gasteiger partial charge in [0.25, 0.3) is 0 Å². The van der Waals surface area contributed by atoms with E-state index >= 15 is 0 Å². The average molecular weight is 281 g/mol. The Morgan fingerprint density at radius 2 is 2.14 bits per heavy atom. The smallest absolute Gasteiger partial charge is 0.211 e. The van der Waals surface area contributed by atoms with E-state index in [4.69, 9.17) is 0 Å². The summed E-state index contributed by atoms with van der Waals surface area (Å²) < 4.78 is 24.4. The van der Waals surface area contributed by atoms with Gasteiger partial charge in [-0.2, -0.15) is 19.7 Å². The summed E-state index contributed by atoms with van der Waals surface area (Å²) in [5.74, 6) is 0. The molecule has 2 rings (SSSR count). The van der Waals surface area contributed by atoms with Gasteiger partial charge < -0.3 is 0 Å². The van der Waals surface area contributed by atoms with Crippen molar-refractivity contribution in [2.24, 2.45) is 0 Å². The summed E-state index contributed by atoms with van der Waals surface area (Å²) in [6.07, 6.45) is 0.623. The van der Waals surface area contributed by atoms with E-state index in [0.717, 1.165) is 11.4 Å². The van der Waals surface area contributed by atoms with Crippen LogP contribution in [0.5, 0.6) is 0 Å². The number of alkyl halides is 1. The molecule has 0 aliphatic carbocycles. The van der Waals surface area contributed by atoms with Crippen molar-refractivity contribution in [2.45, 2.75) is 13.0 Å². The molecular weight excluding hydrogens is 272 g/mol. The van der Waals surface area contributed by atoms with Crippen molar-refractivity contribution >= 4 is 26.0 Å². The van der Waals surface area contributed by atoms with E-state index in [1.807, 2.05) is 0 Å². The summed E-state index contributed by atoms with van der Waals surface area (Å²) in [5.41, 5.74) is 1.59. The number of hydrogen-bond donors (Lipinski definition) is 1. The highest BCUT2D eigenvalue weighted by molar-refractivity contribution is 9.10. The highest BCUT2D eigenvalue weighted by atomic mass is 79.9. The van der Waals surface area contributed by atoms with Crippen LogP contribution in [0, 0.1) is 0 Å². The highest BCUT2D eigenvalue weighted by Gasteiger charge is 2.27. The van der Waals surface area contributed by atoms with Crippen molar-refractivity contribution in [3.63, 3.8) is 0 Å². The minimum atomic E-state index is -3.17. The lowest BCUT2D eigenvalue weighted by molar-refractivity contribution is 0.388. The predicted octanol–water partition coefficient (Wildman–Crippen LogP) is -0.155. The van der Waals surface area contributed by atoms with Gasteiger partial charge in [0.2, 0.25) is 10.0 Å². The Balaban J connectivity index is 2.23. The number of nitrogens with zero attached hydrogens (tertiary/aromatic N) is 3. The van der Waals surface area contributed by atoms with E-state index in [0.29, 0.717) is 19.5 Å². The number of fused-ring (bicyclic) bond motifs is 1. The van der Waals surface area contributed by atoms with E-state index in [1.54, 1.807) is 0 Å². The fourth-order valence-corrected chi connectivity index (χ4v) is 3.08. The zero-order chi connectivity index (χ0) is 10.2. The predicted molar refractivity (Wildman–Crippen MR) is 53.2 cm³/mol. The van der Waals surface area contributed by atoms with Gasteiger partial charge in [0.05, 0.1) is 12.2 Å². The van der Waals surface area contributed by atoms with Crippen molar-refractivity contribution in [1.29, 1.82) is 0 Å². The second-order valence-corrected chi connectivity index (χ2v) is 6.29. The van der Waals surface area contributed by atoms with Crippen LogP contribution in [0.2, 0.25) is 0 Å². The van der Waals surface area contributed by atoms with Crippen LogP contribution in [-0.4, -0.2) is 39.3 Å². The van der Waals surface area contributed by atoms with Crippen molar-refractivity contribution in [3.05, 3.63) is 11.4 Å². The van der Waals surface area contributed by atoms with Gasteiger partial charge in [-0.25, -0.2) is 8.42 Å². The van der Waals surface area contributed by atoms with Gasteiger partial charge >= 0.3 is 0 Å². The third-order valence-electron chi connectivity index (χ3n) is 2.16. The standard InChI is InChI=1S/C6H9BrN4O2S/c7-4-14(12,13)11-2-1-5-6(3-11)9-10-8-5/h1-4H2,(H,8,9,10). The molecule has 0 saturated heterocycles. The Kier molecular flexibility index (Phi) is 2.58. The summed E-state index contributed by atoms with van der Waals surface area (Å²) in [6.45, 7) is 0.799.